The van der Waals surface area contributed by atoms with Crippen LogP contribution in [-0.2, 0) is 0 Å². The van der Waals surface area contributed by atoms with Crippen LogP contribution >= 0.6 is 0 Å². The van der Waals surface area contributed by atoms with E-state index in [1.807, 2.05) is 4.90 Å². The number of anilines is 1. The molecular weight excluding hydrogens is 429 g/mol. The summed E-state index contributed by atoms with van der Waals surface area (Å²) in [4.78, 5) is 38.3. The van der Waals surface area contributed by atoms with Crippen molar-refractivity contribution in [3.8, 4) is 11.4 Å². The molecule has 2 aliphatic rings. The molecule has 0 bridgehead atoms. The van der Waals surface area contributed by atoms with Crippen molar-refractivity contribution in [2.75, 3.05) is 25.1 Å². The highest BCUT2D eigenvalue weighted by atomic mass is 19.1. The van der Waals surface area contributed by atoms with Crippen LogP contribution in [0.5, 0.6) is 5.75 Å². The highest BCUT2D eigenvalue weighted by molar-refractivity contribution is 5.98. The normalized spacial score (nSPS) is 21.2. The first-order valence-electron chi connectivity index (χ1n) is 10.5. The summed E-state index contributed by atoms with van der Waals surface area (Å²) in [5.41, 5.74) is 6.18. The van der Waals surface area contributed by atoms with E-state index in [0.717, 1.165) is 6.07 Å². The summed E-state index contributed by atoms with van der Waals surface area (Å²) in [5, 5.41) is 9.49. The number of rotatable bonds is 5. The van der Waals surface area contributed by atoms with E-state index in [1.54, 1.807) is 24.3 Å². The smallest absolute Gasteiger partial charge is 0.341 e. The first-order chi connectivity index (χ1) is 15.7. The molecule has 0 spiro atoms. The van der Waals surface area contributed by atoms with Crippen molar-refractivity contribution in [2.24, 2.45) is 17.6 Å². The van der Waals surface area contributed by atoms with Crippen molar-refractivity contribution < 1.29 is 23.8 Å². The highest BCUT2D eigenvalue weighted by Gasteiger charge is 2.54. The molecule has 8 nitrogen and oxygen atoms in total. The Morgan fingerprint density at radius 3 is 2.36 bits per heavy atom. The van der Waals surface area contributed by atoms with Crippen molar-refractivity contribution in [3.63, 3.8) is 0 Å². The summed E-state index contributed by atoms with van der Waals surface area (Å²) in [7, 11) is 1.39. The largest absolute Gasteiger partial charge is 0.492 e. The zero-order valence-electron chi connectivity index (χ0n) is 18.0. The van der Waals surface area contributed by atoms with Crippen molar-refractivity contribution in [3.05, 3.63) is 63.7 Å². The number of Topliss-reactive ketones (excluding diaryl/α,β-unsaturated/α-hetero) is 1. The van der Waals surface area contributed by atoms with Crippen LogP contribution in [0.1, 0.15) is 27.6 Å². The number of carboxylic acids is 1. The molecule has 2 heterocycles. The maximum absolute atomic E-state index is 15.4. The van der Waals surface area contributed by atoms with Gasteiger partial charge in [0.05, 0.1) is 12.5 Å². The number of ether oxygens (including phenoxy) is 1. The van der Waals surface area contributed by atoms with Gasteiger partial charge in [0.2, 0.25) is 5.43 Å². The van der Waals surface area contributed by atoms with Gasteiger partial charge in [0, 0.05) is 36.6 Å². The Kier molecular flexibility index (Phi) is 4.75. The van der Waals surface area contributed by atoms with Gasteiger partial charge in [-0.25, -0.2) is 9.18 Å². The molecule has 1 saturated heterocycles. The van der Waals surface area contributed by atoms with E-state index in [4.69, 9.17) is 10.5 Å². The van der Waals surface area contributed by atoms with Gasteiger partial charge in [-0.05, 0) is 49.1 Å². The fraction of sp³-hybridized carbons (Fsp3) is 0.292. The quantitative estimate of drug-likeness (QED) is 0.573. The van der Waals surface area contributed by atoms with Gasteiger partial charge in [-0.2, -0.15) is 0 Å². The Labute approximate surface area is 188 Å². The van der Waals surface area contributed by atoms with Crippen molar-refractivity contribution in [1.82, 2.24) is 4.57 Å². The van der Waals surface area contributed by atoms with E-state index in [2.05, 4.69) is 0 Å². The molecule has 9 heteroatoms. The van der Waals surface area contributed by atoms with Crippen LogP contribution in [0.15, 0.2) is 41.3 Å². The average molecular weight is 451 g/mol. The zero-order chi connectivity index (χ0) is 23.6. The minimum atomic E-state index is -1.42. The molecule has 3 aromatic rings. The number of piperidine rings is 1. The van der Waals surface area contributed by atoms with Gasteiger partial charge in [0.15, 0.2) is 17.3 Å². The SMILES string of the molecule is COc1c(N2C[C@@H]3C(N)[C@@H]3C2)c(F)cc2c(=O)c(C(=O)O)cn(-c3ccc(C(C)=O)cc3)c12. The van der Waals surface area contributed by atoms with Crippen LogP contribution in [-0.4, -0.2) is 47.7 Å². The molecule has 170 valence electrons. The van der Waals surface area contributed by atoms with Crippen molar-refractivity contribution >= 4 is 28.3 Å². The number of carbonyl (C=O) groups excluding carboxylic acids is 1. The molecule has 5 rings (SSSR count). The Hall–Kier alpha value is -3.72. The minimum Gasteiger partial charge on any atom is -0.492 e. The van der Waals surface area contributed by atoms with E-state index < -0.39 is 22.8 Å². The Bertz CT molecular complexity index is 1370. The van der Waals surface area contributed by atoms with E-state index in [0.29, 0.717) is 36.2 Å². The number of fused-ring (bicyclic) bond motifs is 2. The average Bonchev–Trinajstić information content (AvgIpc) is 3.18. The molecule has 3 N–H and O–H groups in total. The van der Waals surface area contributed by atoms with Crippen LogP contribution in [0.25, 0.3) is 16.6 Å². The second-order valence-electron chi connectivity index (χ2n) is 8.60. The number of carbonyl (C=O) groups is 2. The predicted octanol–water partition coefficient (Wildman–Crippen LogP) is 2.43. The van der Waals surface area contributed by atoms with Crippen LogP contribution < -0.4 is 20.8 Å². The molecule has 0 radical (unpaired) electrons. The first-order valence-corrected chi connectivity index (χ1v) is 10.5. The van der Waals surface area contributed by atoms with E-state index in [-0.39, 0.29) is 34.2 Å². The number of methoxy groups -OCH3 is 1. The van der Waals surface area contributed by atoms with E-state index in [9.17, 15) is 19.5 Å². The van der Waals surface area contributed by atoms with Gasteiger partial charge in [-0.3, -0.25) is 9.59 Å². The van der Waals surface area contributed by atoms with Gasteiger partial charge in [0.25, 0.3) is 0 Å². The third-order valence-corrected chi connectivity index (χ3v) is 6.73. The Morgan fingerprint density at radius 1 is 1.18 bits per heavy atom. The number of benzene rings is 2. The molecule has 33 heavy (non-hydrogen) atoms. The third kappa shape index (κ3) is 3.19. The highest BCUT2D eigenvalue weighted by Crippen LogP contribution is 2.49. The van der Waals surface area contributed by atoms with Crippen LogP contribution in [0.2, 0.25) is 0 Å². The fourth-order valence-corrected chi connectivity index (χ4v) is 4.87. The van der Waals surface area contributed by atoms with Crippen LogP contribution in [0.3, 0.4) is 0 Å². The number of aromatic carboxylic acids is 1. The molecule has 1 unspecified atom stereocenters. The lowest BCUT2D eigenvalue weighted by molar-refractivity contribution is 0.0694. The summed E-state index contributed by atoms with van der Waals surface area (Å²) in [6, 6.07) is 7.68. The minimum absolute atomic E-state index is 0.107. The van der Waals surface area contributed by atoms with Crippen LogP contribution in [0.4, 0.5) is 10.1 Å². The standard InChI is InChI=1S/C24H22FN3O5/c1-11(29)12-3-5-13(6-4-12)28-10-17(24(31)32)22(30)14-7-18(25)21(23(33-2)20(14)28)27-8-15-16(9-27)19(15)26/h3-7,10,15-16,19H,8-9,26H2,1-2H3,(H,31,32)/t15-,16+,19?. The topological polar surface area (TPSA) is 115 Å². The van der Waals surface area contributed by atoms with Gasteiger partial charge < -0.3 is 25.0 Å². The van der Waals surface area contributed by atoms with Gasteiger partial charge in [-0.15, -0.1) is 0 Å². The third-order valence-electron chi connectivity index (χ3n) is 6.73. The number of hydrogen-bond donors (Lipinski definition) is 2. The number of nitrogens with zero attached hydrogens (tertiary/aromatic N) is 2. The van der Waals surface area contributed by atoms with E-state index >= 15 is 4.39 Å². The summed E-state index contributed by atoms with van der Waals surface area (Å²) >= 11 is 0. The van der Waals surface area contributed by atoms with E-state index in [1.165, 1.54) is 24.8 Å². The second-order valence-corrected chi connectivity index (χ2v) is 8.60. The summed E-state index contributed by atoms with van der Waals surface area (Å²) in [6.45, 7) is 2.60. The Morgan fingerprint density at radius 2 is 1.82 bits per heavy atom. The van der Waals surface area contributed by atoms with Crippen molar-refractivity contribution in [2.45, 2.75) is 13.0 Å². The predicted molar refractivity (Wildman–Crippen MR) is 120 cm³/mol. The lowest BCUT2D eigenvalue weighted by Gasteiger charge is -2.26. The molecular formula is C24H22FN3O5. The number of carboxylic acid groups (broad SMARTS) is 1. The Balaban J connectivity index is 1.80. The maximum Gasteiger partial charge on any atom is 0.341 e. The van der Waals surface area contributed by atoms with Gasteiger partial charge in [-0.1, -0.05) is 0 Å². The molecule has 0 amide bonds. The molecule has 1 saturated carbocycles. The number of pyridine rings is 1. The van der Waals surface area contributed by atoms with Gasteiger partial charge >= 0.3 is 5.97 Å². The zero-order valence-corrected chi connectivity index (χ0v) is 18.0. The van der Waals surface area contributed by atoms with Crippen LogP contribution in [0, 0.1) is 17.7 Å². The fourth-order valence-electron chi connectivity index (χ4n) is 4.87. The number of halogens is 1. The maximum atomic E-state index is 15.4. The summed E-state index contributed by atoms with van der Waals surface area (Å²) in [5.74, 6) is -1.48. The summed E-state index contributed by atoms with van der Waals surface area (Å²) < 4.78 is 22.5. The number of hydrogen-bond acceptors (Lipinski definition) is 6. The number of aromatic nitrogens is 1. The summed E-state index contributed by atoms with van der Waals surface area (Å²) in [6.07, 6.45) is 1.21. The molecule has 1 aliphatic carbocycles. The molecule has 2 fully saturated rings. The molecule has 3 atom stereocenters. The van der Waals surface area contributed by atoms with Gasteiger partial charge in [0.1, 0.15) is 16.8 Å². The lowest BCUT2D eigenvalue weighted by atomic mass is 10.1. The molecule has 2 aromatic carbocycles. The lowest BCUT2D eigenvalue weighted by Crippen LogP contribution is -2.29. The monoisotopic (exact) mass is 451 g/mol. The number of nitrogens with two attached hydrogens (primary N) is 1. The first kappa shape index (κ1) is 21.1. The second kappa shape index (κ2) is 7.41. The molecule has 1 aromatic heterocycles. The number of ketones is 1. The molecule has 1 aliphatic heterocycles. The van der Waals surface area contributed by atoms with Crippen molar-refractivity contribution in [1.29, 1.82) is 0 Å².